The summed E-state index contributed by atoms with van der Waals surface area (Å²) >= 11 is 3.42. The first-order valence-electron chi connectivity index (χ1n) is 4.02. The van der Waals surface area contributed by atoms with E-state index in [1.807, 2.05) is 0 Å². The van der Waals surface area contributed by atoms with Crippen LogP contribution in [0.5, 0.6) is 0 Å². The summed E-state index contributed by atoms with van der Waals surface area (Å²) in [7, 11) is 0. The van der Waals surface area contributed by atoms with Crippen LogP contribution in [0.3, 0.4) is 0 Å². The summed E-state index contributed by atoms with van der Waals surface area (Å²) in [5.41, 5.74) is 1.29. The van der Waals surface area contributed by atoms with Crippen molar-refractivity contribution in [3.8, 4) is 0 Å². The second-order valence-electron chi connectivity index (χ2n) is 2.85. The van der Waals surface area contributed by atoms with Crippen LogP contribution in [-0.2, 0) is 0 Å². The van der Waals surface area contributed by atoms with E-state index in [4.69, 9.17) is 0 Å². The highest BCUT2D eigenvalue weighted by atomic mass is 79.9. The van der Waals surface area contributed by atoms with E-state index in [9.17, 15) is 0 Å². The van der Waals surface area contributed by atoms with Gasteiger partial charge in [-0.1, -0.05) is 28.1 Å². The largest absolute Gasteiger partial charge is 0.364 e. The Morgan fingerprint density at radius 2 is 1.58 bits per heavy atom. The van der Waals surface area contributed by atoms with Gasteiger partial charge in [0, 0.05) is 23.2 Å². The minimum atomic E-state index is 1.04. The predicted molar refractivity (Wildman–Crippen MR) is 55.5 cm³/mol. The zero-order valence-electron chi connectivity index (χ0n) is 6.70. The predicted octanol–water partition coefficient (Wildman–Crippen LogP) is 2.83. The van der Waals surface area contributed by atoms with Gasteiger partial charge in [-0.05, 0) is 24.3 Å². The van der Waals surface area contributed by atoms with Gasteiger partial charge < -0.3 is 4.90 Å². The number of hydrogen-bond donors (Lipinski definition) is 0. The molecule has 1 aliphatic heterocycles. The Bertz CT molecular complexity index is 281. The van der Waals surface area contributed by atoms with E-state index in [0.29, 0.717) is 0 Å². The van der Waals surface area contributed by atoms with Crippen LogP contribution >= 0.6 is 15.9 Å². The van der Waals surface area contributed by atoms with Crippen LogP contribution in [0.1, 0.15) is 0 Å². The zero-order chi connectivity index (χ0) is 8.39. The van der Waals surface area contributed by atoms with Crippen molar-refractivity contribution in [2.45, 2.75) is 0 Å². The molecular formula is C10H10BrN. The number of nitrogens with zero attached hydrogens (tertiary/aromatic N) is 1. The summed E-state index contributed by atoms with van der Waals surface area (Å²) in [6, 6.07) is 8.43. The highest BCUT2D eigenvalue weighted by Gasteiger charge is 2.05. The fourth-order valence-corrected chi connectivity index (χ4v) is 1.61. The standard InChI is InChI=1S/C10H10BrN/c11-9-3-5-10(6-4-9)12-7-1-2-8-12/h1-6H,7-8H2. The Labute approximate surface area is 80.8 Å². The van der Waals surface area contributed by atoms with Gasteiger partial charge in [0.1, 0.15) is 0 Å². The molecule has 12 heavy (non-hydrogen) atoms. The van der Waals surface area contributed by atoms with E-state index < -0.39 is 0 Å². The maximum absolute atomic E-state index is 3.42. The highest BCUT2D eigenvalue weighted by Crippen LogP contribution is 2.19. The summed E-state index contributed by atoms with van der Waals surface area (Å²) < 4.78 is 1.14. The quantitative estimate of drug-likeness (QED) is 0.663. The van der Waals surface area contributed by atoms with Gasteiger partial charge in [0.05, 0.1) is 0 Å². The van der Waals surface area contributed by atoms with Gasteiger partial charge in [0.2, 0.25) is 0 Å². The maximum atomic E-state index is 3.42. The third-order valence-corrected chi connectivity index (χ3v) is 2.54. The van der Waals surface area contributed by atoms with E-state index in [1.54, 1.807) is 0 Å². The first kappa shape index (κ1) is 7.87. The lowest BCUT2D eigenvalue weighted by Crippen LogP contribution is -2.17. The van der Waals surface area contributed by atoms with Crippen molar-refractivity contribution in [1.82, 2.24) is 0 Å². The van der Waals surface area contributed by atoms with Crippen molar-refractivity contribution in [3.05, 3.63) is 40.9 Å². The van der Waals surface area contributed by atoms with Gasteiger partial charge in [-0.15, -0.1) is 0 Å². The maximum Gasteiger partial charge on any atom is 0.0372 e. The first-order valence-corrected chi connectivity index (χ1v) is 4.81. The van der Waals surface area contributed by atoms with Gasteiger partial charge >= 0.3 is 0 Å². The third-order valence-electron chi connectivity index (χ3n) is 2.01. The summed E-state index contributed by atoms with van der Waals surface area (Å²) in [5, 5.41) is 0. The fourth-order valence-electron chi connectivity index (χ4n) is 1.34. The SMILES string of the molecule is Brc1ccc(N2CC=CC2)cc1. The number of benzene rings is 1. The molecule has 1 nitrogen and oxygen atoms in total. The molecular weight excluding hydrogens is 214 g/mol. The minimum Gasteiger partial charge on any atom is -0.364 e. The van der Waals surface area contributed by atoms with Crippen LogP contribution in [0.15, 0.2) is 40.9 Å². The molecule has 1 aromatic carbocycles. The van der Waals surface area contributed by atoms with Crippen molar-refractivity contribution < 1.29 is 0 Å². The van der Waals surface area contributed by atoms with Crippen LogP contribution < -0.4 is 4.90 Å². The lowest BCUT2D eigenvalue weighted by molar-refractivity contribution is 1.01. The van der Waals surface area contributed by atoms with Crippen molar-refractivity contribution in [2.75, 3.05) is 18.0 Å². The Kier molecular flexibility index (Phi) is 2.17. The Morgan fingerprint density at radius 1 is 1.00 bits per heavy atom. The van der Waals surface area contributed by atoms with Gasteiger partial charge in [0.15, 0.2) is 0 Å². The molecule has 0 unspecified atom stereocenters. The normalized spacial score (nSPS) is 15.6. The Balaban J connectivity index is 2.18. The van der Waals surface area contributed by atoms with Crippen LogP contribution in [0.4, 0.5) is 5.69 Å². The second-order valence-corrected chi connectivity index (χ2v) is 3.77. The lowest BCUT2D eigenvalue weighted by atomic mass is 10.3. The van der Waals surface area contributed by atoms with Gasteiger partial charge in [-0.2, -0.15) is 0 Å². The minimum absolute atomic E-state index is 1.04. The van der Waals surface area contributed by atoms with Crippen molar-refractivity contribution in [3.63, 3.8) is 0 Å². The molecule has 0 amide bonds. The topological polar surface area (TPSA) is 3.24 Å². The molecule has 0 saturated heterocycles. The Morgan fingerprint density at radius 3 is 2.17 bits per heavy atom. The first-order chi connectivity index (χ1) is 5.86. The monoisotopic (exact) mass is 223 g/mol. The fraction of sp³-hybridized carbons (Fsp3) is 0.200. The van der Waals surface area contributed by atoms with Crippen LogP contribution in [0, 0.1) is 0 Å². The summed E-state index contributed by atoms with van der Waals surface area (Å²) in [6.45, 7) is 2.09. The number of halogens is 1. The second kappa shape index (κ2) is 3.31. The highest BCUT2D eigenvalue weighted by molar-refractivity contribution is 9.10. The average molecular weight is 224 g/mol. The lowest BCUT2D eigenvalue weighted by Gasteiger charge is -2.17. The average Bonchev–Trinajstić information content (AvgIpc) is 2.58. The van der Waals surface area contributed by atoms with E-state index in [-0.39, 0.29) is 0 Å². The summed E-state index contributed by atoms with van der Waals surface area (Å²) in [4.78, 5) is 2.33. The summed E-state index contributed by atoms with van der Waals surface area (Å²) in [6.07, 6.45) is 4.39. The van der Waals surface area contributed by atoms with Crippen LogP contribution in [0.25, 0.3) is 0 Å². The smallest absolute Gasteiger partial charge is 0.0372 e. The van der Waals surface area contributed by atoms with E-state index in [2.05, 4.69) is 57.2 Å². The molecule has 0 fully saturated rings. The van der Waals surface area contributed by atoms with Gasteiger partial charge in [-0.25, -0.2) is 0 Å². The molecule has 62 valence electrons. The Hall–Kier alpha value is -0.760. The number of anilines is 1. The molecule has 0 aromatic heterocycles. The van der Waals surface area contributed by atoms with Crippen molar-refractivity contribution >= 4 is 21.6 Å². The summed E-state index contributed by atoms with van der Waals surface area (Å²) in [5.74, 6) is 0. The van der Waals surface area contributed by atoms with E-state index >= 15 is 0 Å². The molecule has 0 radical (unpaired) electrons. The molecule has 1 heterocycles. The molecule has 0 bridgehead atoms. The third kappa shape index (κ3) is 1.53. The molecule has 0 spiro atoms. The van der Waals surface area contributed by atoms with Crippen LogP contribution in [0.2, 0.25) is 0 Å². The number of rotatable bonds is 1. The van der Waals surface area contributed by atoms with Crippen molar-refractivity contribution in [2.24, 2.45) is 0 Å². The van der Waals surface area contributed by atoms with E-state index in [1.165, 1.54) is 5.69 Å². The molecule has 1 aliphatic rings. The van der Waals surface area contributed by atoms with E-state index in [0.717, 1.165) is 17.6 Å². The van der Waals surface area contributed by atoms with Gasteiger partial charge in [-0.3, -0.25) is 0 Å². The number of hydrogen-bond acceptors (Lipinski definition) is 1. The molecule has 0 aliphatic carbocycles. The zero-order valence-corrected chi connectivity index (χ0v) is 8.29. The van der Waals surface area contributed by atoms with Crippen molar-refractivity contribution in [1.29, 1.82) is 0 Å². The molecule has 2 rings (SSSR count). The molecule has 0 atom stereocenters. The molecule has 0 N–H and O–H groups in total. The molecule has 2 heteroatoms. The van der Waals surface area contributed by atoms with Gasteiger partial charge in [0.25, 0.3) is 0 Å². The van der Waals surface area contributed by atoms with Crippen LogP contribution in [-0.4, -0.2) is 13.1 Å². The molecule has 1 aromatic rings. The molecule has 0 saturated carbocycles.